The minimum Gasteiger partial charge on any atom is -0.352 e. The molecule has 0 aromatic carbocycles. The second-order valence-corrected chi connectivity index (χ2v) is 6.49. The van der Waals surface area contributed by atoms with Crippen LogP contribution in [-0.4, -0.2) is 47.6 Å². The average Bonchev–Trinajstić information content (AvgIpc) is 2.53. The van der Waals surface area contributed by atoms with Crippen LogP contribution in [0.4, 0.5) is 5.82 Å². The van der Waals surface area contributed by atoms with Gasteiger partial charge in [-0.1, -0.05) is 25.4 Å². The lowest BCUT2D eigenvalue weighted by Gasteiger charge is -2.30. The fourth-order valence-corrected chi connectivity index (χ4v) is 2.89. The highest BCUT2D eigenvalue weighted by atomic mass is 35.5. The number of nitrogens with zero attached hydrogens (tertiary/aromatic N) is 4. The monoisotopic (exact) mass is 296 g/mol. The smallest absolute Gasteiger partial charge is 0.137 e. The Bertz CT molecular complexity index is 475. The molecule has 2 rings (SSSR count). The maximum Gasteiger partial charge on any atom is 0.137 e. The fraction of sp³-hybridized carbons (Fsp3) is 0.733. The highest BCUT2D eigenvalue weighted by molar-refractivity contribution is 6.30. The van der Waals surface area contributed by atoms with Gasteiger partial charge in [-0.05, 0) is 33.9 Å². The van der Waals surface area contributed by atoms with E-state index in [2.05, 4.69) is 42.6 Å². The zero-order chi connectivity index (χ0) is 14.9. The van der Waals surface area contributed by atoms with E-state index in [0.29, 0.717) is 11.2 Å². The summed E-state index contributed by atoms with van der Waals surface area (Å²) in [6, 6.07) is 0.437. The number of likely N-dealkylation sites (N-methyl/N-ethyl adjacent to an activating group) is 1. The predicted molar refractivity (Wildman–Crippen MR) is 84.8 cm³/mol. The third-order valence-corrected chi connectivity index (χ3v) is 4.28. The van der Waals surface area contributed by atoms with E-state index in [1.807, 2.05) is 6.92 Å². The van der Waals surface area contributed by atoms with Crippen molar-refractivity contribution in [2.24, 2.45) is 0 Å². The molecule has 2 heterocycles. The van der Waals surface area contributed by atoms with Gasteiger partial charge in [-0.25, -0.2) is 9.97 Å². The minimum atomic E-state index is 0.289. The Morgan fingerprint density at radius 2 is 1.95 bits per heavy atom. The predicted octanol–water partition coefficient (Wildman–Crippen LogP) is 3.09. The van der Waals surface area contributed by atoms with E-state index in [-0.39, 0.29) is 5.92 Å². The Morgan fingerprint density at radius 1 is 1.25 bits per heavy atom. The Morgan fingerprint density at radius 3 is 2.60 bits per heavy atom. The van der Waals surface area contributed by atoms with Crippen molar-refractivity contribution >= 4 is 17.4 Å². The Balaban J connectivity index is 2.39. The summed E-state index contributed by atoms with van der Waals surface area (Å²) < 4.78 is 0. The molecule has 1 saturated heterocycles. The highest BCUT2D eigenvalue weighted by Crippen LogP contribution is 2.28. The van der Waals surface area contributed by atoms with Crippen LogP contribution in [-0.2, 0) is 0 Å². The van der Waals surface area contributed by atoms with E-state index >= 15 is 0 Å². The minimum absolute atomic E-state index is 0.289. The van der Waals surface area contributed by atoms with Gasteiger partial charge in [0.1, 0.15) is 16.8 Å². The summed E-state index contributed by atoms with van der Waals surface area (Å²) in [5, 5.41) is 0.587. The van der Waals surface area contributed by atoms with E-state index in [1.54, 1.807) is 0 Å². The van der Waals surface area contributed by atoms with E-state index < -0.39 is 0 Å². The van der Waals surface area contributed by atoms with Gasteiger partial charge in [0, 0.05) is 30.6 Å². The molecule has 4 nitrogen and oxygen atoms in total. The molecule has 0 spiro atoms. The van der Waals surface area contributed by atoms with E-state index in [0.717, 1.165) is 43.3 Å². The zero-order valence-electron chi connectivity index (χ0n) is 13.1. The molecule has 1 aromatic rings. The molecule has 1 aromatic heterocycles. The normalized spacial score (nSPS) is 21.4. The quantitative estimate of drug-likeness (QED) is 0.785. The number of aromatic nitrogens is 2. The lowest BCUT2D eigenvalue weighted by atomic mass is 10.2. The molecule has 20 heavy (non-hydrogen) atoms. The molecule has 1 atom stereocenters. The van der Waals surface area contributed by atoms with Gasteiger partial charge in [-0.3, -0.25) is 0 Å². The molecule has 0 radical (unpaired) electrons. The van der Waals surface area contributed by atoms with Gasteiger partial charge in [0.05, 0.1) is 0 Å². The maximum absolute atomic E-state index is 6.31. The molecule has 0 bridgehead atoms. The number of hydrogen-bond acceptors (Lipinski definition) is 4. The van der Waals surface area contributed by atoms with E-state index in [9.17, 15) is 0 Å². The number of halogens is 1. The number of anilines is 1. The zero-order valence-corrected chi connectivity index (χ0v) is 13.9. The topological polar surface area (TPSA) is 32.3 Å². The van der Waals surface area contributed by atoms with Gasteiger partial charge >= 0.3 is 0 Å². The van der Waals surface area contributed by atoms with Gasteiger partial charge < -0.3 is 9.80 Å². The van der Waals surface area contributed by atoms with Crippen LogP contribution in [0.2, 0.25) is 5.15 Å². The molecule has 5 heteroatoms. The van der Waals surface area contributed by atoms with Gasteiger partial charge in [-0.15, -0.1) is 0 Å². The molecular formula is C15H25ClN4. The van der Waals surface area contributed by atoms with Crippen LogP contribution in [0.1, 0.15) is 44.5 Å². The summed E-state index contributed by atoms with van der Waals surface area (Å²) in [6.45, 7) is 11.7. The third-order valence-electron chi connectivity index (χ3n) is 3.91. The van der Waals surface area contributed by atoms with Gasteiger partial charge in [0.25, 0.3) is 0 Å². The first-order valence-corrected chi connectivity index (χ1v) is 7.77. The molecule has 0 aliphatic carbocycles. The summed E-state index contributed by atoms with van der Waals surface area (Å²) in [6.07, 6.45) is 1.15. The van der Waals surface area contributed by atoms with Crippen LogP contribution >= 0.6 is 11.6 Å². The molecule has 1 fully saturated rings. The van der Waals surface area contributed by atoms with Crippen molar-refractivity contribution in [3.8, 4) is 0 Å². The fourth-order valence-electron chi connectivity index (χ4n) is 2.72. The van der Waals surface area contributed by atoms with Crippen LogP contribution < -0.4 is 4.90 Å². The highest BCUT2D eigenvalue weighted by Gasteiger charge is 2.24. The lowest BCUT2D eigenvalue weighted by molar-refractivity contribution is 0.337. The average molecular weight is 297 g/mol. The van der Waals surface area contributed by atoms with Crippen molar-refractivity contribution in [1.29, 1.82) is 0 Å². The van der Waals surface area contributed by atoms with Crippen LogP contribution in [0, 0.1) is 6.92 Å². The summed E-state index contributed by atoms with van der Waals surface area (Å²) in [5.41, 5.74) is 0.993. The van der Waals surface area contributed by atoms with Crippen LogP contribution in [0.15, 0.2) is 0 Å². The standard InChI is InChI=1S/C15H25ClN4/c1-10(2)14-17-13(16)12(4)15(18-14)20-8-6-7-19(5)9-11(20)3/h10-11H,6-9H2,1-5H3. The van der Waals surface area contributed by atoms with E-state index in [1.165, 1.54) is 0 Å². The van der Waals surface area contributed by atoms with Crippen LogP contribution in [0.5, 0.6) is 0 Å². The van der Waals surface area contributed by atoms with Gasteiger partial charge in [0.2, 0.25) is 0 Å². The maximum atomic E-state index is 6.31. The summed E-state index contributed by atoms with van der Waals surface area (Å²) in [4.78, 5) is 14.0. The first-order valence-electron chi connectivity index (χ1n) is 7.39. The summed E-state index contributed by atoms with van der Waals surface area (Å²) in [7, 11) is 2.18. The Hall–Kier alpha value is -0.870. The molecule has 0 N–H and O–H groups in total. The molecule has 112 valence electrons. The third kappa shape index (κ3) is 3.23. The van der Waals surface area contributed by atoms with Crippen molar-refractivity contribution in [3.63, 3.8) is 0 Å². The molecule has 1 aliphatic rings. The second-order valence-electron chi connectivity index (χ2n) is 6.13. The Labute approximate surface area is 127 Å². The number of hydrogen-bond donors (Lipinski definition) is 0. The first kappa shape index (κ1) is 15.5. The van der Waals surface area contributed by atoms with Gasteiger partial charge in [-0.2, -0.15) is 0 Å². The van der Waals surface area contributed by atoms with Crippen molar-refractivity contribution in [2.45, 2.75) is 46.1 Å². The molecule has 0 amide bonds. The lowest BCUT2D eigenvalue weighted by Crippen LogP contribution is -2.39. The summed E-state index contributed by atoms with van der Waals surface area (Å²) in [5.74, 6) is 2.13. The van der Waals surface area contributed by atoms with E-state index in [4.69, 9.17) is 16.6 Å². The van der Waals surface area contributed by atoms with Crippen LogP contribution in [0.25, 0.3) is 0 Å². The summed E-state index contributed by atoms with van der Waals surface area (Å²) >= 11 is 6.31. The van der Waals surface area contributed by atoms with Crippen LogP contribution in [0.3, 0.4) is 0 Å². The first-order chi connectivity index (χ1) is 9.40. The molecule has 1 aliphatic heterocycles. The SMILES string of the molecule is Cc1c(Cl)nc(C(C)C)nc1N1CCCN(C)CC1C. The van der Waals surface area contributed by atoms with Crippen molar-refractivity contribution in [2.75, 3.05) is 31.6 Å². The molecule has 0 saturated carbocycles. The van der Waals surface area contributed by atoms with Crippen molar-refractivity contribution < 1.29 is 0 Å². The largest absolute Gasteiger partial charge is 0.352 e. The second kappa shape index (κ2) is 6.27. The van der Waals surface area contributed by atoms with Crippen molar-refractivity contribution in [1.82, 2.24) is 14.9 Å². The van der Waals surface area contributed by atoms with Crippen molar-refractivity contribution in [3.05, 3.63) is 16.5 Å². The van der Waals surface area contributed by atoms with Gasteiger partial charge in [0.15, 0.2) is 0 Å². The number of rotatable bonds is 2. The molecule has 1 unspecified atom stereocenters. The Kier molecular flexibility index (Phi) is 4.86. The molecular weight excluding hydrogens is 272 g/mol.